The van der Waals surface area contributed by atoms with Gasteiger partial charge < -0.3 is 19.7 Å². The maximum Gasteiger partial charge on any atom is 0.412 e. The van der Waals surface area contributed by atoms with Gasteiger partial charge in [0.05, 0.1) is 7.11 Å². The van der Waals surface area contributed by atoms with Gasteiger partial charge in [-0.05, 0) is 50.8 Å². The Morgan fingerprint density at radius 3 is 2.57 bits per heavy atom. The molecule has 2 aromatic rings. The topological polar surface area (TPSA) is 50.8 Å². The Hall–Kier alpha value is -1.76. The lowest BCUT2D eigenvalue weighted by atomic mass is 9.75. The van der Waals surface area contributed by atoms with Crippen molar-refractivity contribution < 1.29 is 14.3 Å². The van der Waals surface area contributed by atoms with E-state index in [4.69, 9.17) is 21.1 Å². The first kappa shape index (κ1) is 22.9. The Morgan fingerprint density at radius 2 is 1.93 bits per heavy atom. The zero-order valence-electron chi connectivity index (χ0n) is 17.9. The van der Waals surface area contributed by atoms with Gasteiger partial charge in [-0.3, -0.25) is 0 Å². The standard InChI is InChI=1S/C23H31ClN2O3S/c1-26(2)20(17-7-5-4-6-8-17)18-11-9-16(10-12-18)13-14-25-23(27)29-19-15-30-22(24)21(19)28-3/h4-8,15-16,18,20H,9-14H2,1-3H3,(H,25,27). The molecule has 1 aliphatic rings. The number of halogens is 1. The molecule has 0 radical (unpaired) electrons. The molecule has 0 saturated heterocycles. The maximum atomic E-state index is 12.1. The predicted octanol–water partition coefficient (Wildman–Crippen LogP) is 6.00. The number of thiophene rings is 1. The lowest BCUT2D eigenvalue weighted by molar-refractivity contribution is 0.145. The zero-order chi connectivity index (χ0) is 21.5. The molecular weight excluding hydrogens is 420 g/mol. The van der Waals surface area contributed by atoms with Crippen LogP contribution in [-0.2, 0) is 0 Å². The van der Waals surface area contributed by atoms with Crippen molar-refractivity contribution in [2.24, 2.45) is 11.8 Å². The average molecular weight is 451 g/mol. The van der Waals surface area contributed by atoms with Crippen LogP contribution in [0.4, 0.5) is 4.79 Å². The molecule has 1 aromatic heterocycles. The SMILES string of the molecule is COc1c(OC(=O)NCCC2CCC(C(c3ccccc3)N(C)C)CC2)csc1Cl. The number of carbonyl (C=O) groups is 1. The molecule has 0 aliphatic heterocycles. The fourth-order valence-corrected chi connectivity index (χ4v) is 5.47. The van der Waals surface area contributed by atoms with Crippen LogP contribution in [0.1, 0.15) is 43.7 Å². The van der Waals surface area contributed by atoms with Gasteiger partial charge in [0, 0.05) is 18.0 Å². The summed E-state index contributed by atoms with van der Waals surface area (Å²) in [5, 5.41) is 4.53. The van der Waals surface area contributed by atoms with E-state index in [9.17, 15) is 4.79 Å². The highest BCUT2D eigenvalue weighted by molar-refractivity contribution is 7.15. The number of nitrogens with one attached hydrogen (secondary N) is 1. The van der Waals surface area contributed by atoms with Crippen molar-refractivity contribution in [3.8, 4) is 11.5 Å². The van der Waals surface area contributed by atoms with E-state index in [1.807, 2.05) is 0 Å². The highest BCUT2D eigenvalue weighted by Gasteiger charge is 2.29. The quantitative estimate of drug-likeness (QED) is 0.536. The number of methoxy groups -OCH3 is 1. The molecule has 1 N–H and O–H groups in total. The van der Waals surface area contributed by atoms with Crippen LogP contribution in [0, 0.1) is 11.8 Å². The third-order valence-electron chi connectivity index (χ3n) is 5.94. The second kappa shape index (κ2) is 11.0. The molecule has 1 aliphatic carbocycles. The number of amides is 1. The Morgan fingerprint density at radius 1 is 1.23 bits per heavy atom. The van der Waals surface area contributed by atoms with Crippen LogP contribution < -0.4 is 14.8 Å². The maximum absolute atomic E-state index is 12.1. The summed E-state index contributed by atoms with van der Waals surface area (Å²) in [4.78, 5) is 14.4. The van der Waals surface area contributed by atoms with Gasteiger partial charge in [0.25, 0.3) is 0 Å². The first-order valence-corrected chi connectivity index (χ1v) is 11.7. The van der Waals surface area contributed by atoms with Gasteiger partial charge >= 0.3 is 6.09 Å². The van der Waals surface area contributed by atoms with Gasteiger partial charge in [-0.2, -0.15) is 0 Å². The second-order valence-electron chi connectivity index (χ2n) is 8.11. The van der Waals surface area contributed by atoms with Gasteiger partial charge in [-0.25, -0.2) is 4.79 Å². The highest BCUT2D eigenvalue weighted by Crippen LogP contribution is 2.41. The average Bonchev–Trinajstić information content (AvgIpc) is 3.09. The Labute approximate surface area is 188 Å². The van der Waals surface area contributed by atoms with E-state index in [-0.39, 0.29) is 0 Å². The number of ether oxygens (including phenoxy) is 2. The third-order valence-corrected chi connectivity index (χ3v) is 7.10. The molecule has 1 unspecified atom stereocenters. The first-order chi connectivity index (χ1) is 14.5. The molecule has 164 valence electrons. The van der Waals surface area contributed by atoms with Gasteiger partial charge in [-0.15, -0.1) is 11.3 Å². The van der Waals surface area contributed by atoms with E-state index < -0.39 is 6.09 Å². The molecule has 1 aromatic carbocycles. The van der Waals surface area contributed by atoms with Gasteiger partial charge in [0.1, 0.15) is 4.34 Å². The van der Waals surface area contributed by atoms with Crippen molar-refractivity contribution in [3.05, 3.63) is 45.6 Å². The minimum atomic E-state index is -0.465. The normalized spacial score (nSPS) is 20.0. The van der Waals surface area contributed by atoms with Crippen molar-refractivity contribution in [1.29, 1.82) is 0 Å². The van der Waals surface area contributed by atoms with Crippen molar-refractivity contribution >= 4 is 29.0 Å². The molecule has 30 heavy (non-hydrogen) atoms. The zero-order valence-corrected chi connectivity index (χ0v) is 19.5. The van der Waals surface area contributed by atoms with E-state index in [1.54, 1.807) is 5.38 Å². The fraction of sp³-hybridized carbons (Fsp3) is 0.522. The summed E-state index contributed by atoms with van der Waals surface area (Å²) < 4.78 is 11.0. The monoisotopic (exact) mass is 450 g/mol. The minimum absolute atomic E-state index is 0.362. The van der Waals surface area contributed by atoms with Crippen molar-refractivity contribution in [2.75, 3.05) is 27.7 Å². The summed E-state index contributed by atoms with van der Waals surface area (Å²) in [6.07, 6.45) is 5.35. The van der Waals surface area contributed by atoms with Crippen LogP contribution in [0.15, 0.2) is 35.7 Å². The van der Waals surface area contributed by atoms with Gasteiger partial charge in [-0.1, -0.05) is 54.8 Å². The van der Waals surface area contributed by atoms with Crippen molar-refractivity contribution in [3.63, 3.8) is 0 Å². The van der Waals surface area contributed by atoms with Crippen LogP contribution >= 0.6 is 22.9 Å². The summed E-state index contributed by atoms with van der Waals surface area (Å²) in [5.74, 6) is 2.09. The molecule has 0 bridgehead atoms. The fourth-order valence-electron chi connectivity index (χ4n) is 4.51. The van der Waals surface area contributed by atoms with Crippen LogP contribution in [0.25, 0.3) is 0 Å². The Bertz CT molecular complexity index is 804. The van der Waals surface area contributed by atoms with Crippen LogP contribution in [0.3, 0.4) is 0 Å². The van der Waals surface area contributed by atoms with Crippen molar-refractivity contribution in [2.45, 2.75) is 38.1 Å². The number of benzene rings is 1. The molecule has 3 rings (SSSR count). The van der Waals surface area contributed by atoms with Crippen LogP contribution in [0.5, 0.6) is 11.5 Å². The van der Waals surface area contributed by atoms with Crippen LogP contribution in [-0.4, -0.2) is 38.7 Å². The molecule has 0 spiro atoms. The van der Waals surface area contributed by atoms with E-state index in [0.717, 1.165) is 6.42 Å². The lowest BCUT2D eigenvalue weighted by Gasteiger charge is -2.37. The summed E-state index contributed by atoms with van der Waals surface area (Å²) in [5.41, 5.74) is 1.40. The summed E-state index contributed by atoms with van der Waals surface area (Å²) in [7, 11) is 5.86. The van der Waals surface area contributed by atoms with Gasteiger partial charge in [0.2, 0.25) is 0 Å². The van der Waals surface area contributed by atoms with Gasteiger partial charge in [0.15, 0.2) is 11.5 Å². The second-order valence-corrected chi connectivity index (χ2v) is 9.59. The predicted molar refractivity (Wildman–Crippen MR) is 123 cm³/mol. The molecule has 1 amide bonds. The Kier molecular flexibility index (Phi) is 8.42. The molecule has 5 nitrogen and oxygen atoms in total. The minimum Gasteiger partial charge on any atom is -0.491 e. The molecule has 1 saturated carbocycles. The molecule has 1 fully saturated rings. The Balaban J connectivity index is 1.42. The van der Waals surface area contributed by atoms with E-state index >= 15 is 0 Å². The first-order valence-electron chi connectivity index (χ1n) is 10.5. The summed E-state index contributed by atoms with van der Waals surface area (Å²) in [6.45, 7) is 0.615. The largest absolute Gasteiger partial charge is 0.491 e. The number of rotatable bonds is 8. The summed E-state index contributed by atoms with van der Waals surface area (Å²) >= 11 is 7.28. The number of hydrogen-bond acceptors (Lipinski definition) is 5. The number of hydrogen-bond donors (Lipinski definition) is 1. The van der Waals surface area contributed by atoms with Crippen LogP contribution in [0.2, 0.25) is 4.34 Å². The summed E-state index contributed by atoms with van der Waals surface area (Å²) in [6, 6.07) is 11.3. The van der Waals surface area contributed by atoms with Crippen molar-refractivity contribution in [1.82, 2.24) is 10.2 Å². The van der Waals surface area contributed by atoms with E-state index in [1.165, 1.54) is 49.7 Å². The number of carbonyl (C=O) groups excluding carboxylic acids is 1. The highest BCUT2D eigenvalue weighted by atomic mass is 35.5. The molecule has 1 atom stereocenters. The lowest BCUT2D eigenvalue weighted by Crippen LogP contribution is -2.32. The number of nitrogens with zero attached hydrogens (tertiary/aromatic N) is 1. The molecule has 1 heterocycles. The van der Waals surface area contributed by atoms with E-state index in [2.05, 4.69) is 54.6 Å². The smallest absolute Gasteiger partial charge is 0.412 e. The molecule has 7 heteroatoms. The third kappa shape index (κ3) is 5.90. The molecular formula is C23H31ClN2O3S. The van der Waals surface area contributed by atoms with E-state index in [0.29, 0.717) is 40.3 Å².